The fraction of sp³-hybridized carbons (Fsp3) is 0.364. The van der Waals surface area contributed by atoms with Crippen molar-refractivity contribution < 1.29 is 17.7 Å². The largest absolute Gasteiger partial charge is 0.493 e. The lowest BCUT2D eigenvalue weighted by Crippen LogP contribution is -2.48. The molecule has 164 valence electrons. The highest BCUT2D eigenvalue weighted by Gasteiger charge is 2.28. The first-order valence-electron chi connectivity index (χ1n) is 10.3. The molecule has 8 nitrogen and oxygen atoms in total. The summed E-state index contributed by atoms with van der Waals surface area (Å²) >= 11 is 0. The van der Waals surface area contributed by atoms with Gasteiger partial charge in [-0.2, -0.15) is 9.29 Å². The van der Waals surface area contributed by atoms with Gasteiger partial charge in [-0.3, -0.25) is 4.90 Å². The Morgan fingerprint density at radius 1 is 1.00 bits per heavy atom. The Hall–Kier alpha value is -2.75. The quantitative estimate of drug-likeness (QED) is 0.530. The molecule has 0 aliphatic carbocycles. The van der Waals surface area contributed by atoms with E-state index in [1.165, 1.54) is 0 Å². The second-order valence-electron chi connectivity index (χ2n) is 7.36. The van der Waals surface area contributed by atoms with Crippen molar-refractivity contribution in [1.29, 1.82) is 0 Å². The van der Waals surface area contributed by atoms with Crippen molar-refractivity contribution in [3.05, 3.63) is 66.1 Å². The lowest BCUT2D eigenvalue weighted by atomic mass is 10.2. The predicted octanol–water partition coefficient (Wildman–Crippen LogP) is 2.78. The molecule has 2 heterocycles. The summed E-state index contributed by atoms with van der Waals surface area (Å²) in [6, 6.07) is 16.9. The summed E-state index contributed by atoms with van der Waals surface area (Å²) in [5.74, 6) is 1.74. The third kappa shape index (κ3) is 5.30. The third-order valence-electron chi connectivity index (χ3n) is 5.17. The summed E-state index contributed by atoms with van der Waals surface area (Å²) in [5, 5.41) is 4.10. The molecule has 4 rings (SSSR count). The topological polar surface area (TPSA) is 88.8 Å². The van der Waals surface area contributed by atoms with E-state index >= 15 is 0 Å². The van der Waals surface area contributed by atoms with Gasteiger partial charge in [0.2, 0.25) is 21.7 Å². The van der Waals surface area contributed by atoms with Crippen LogP contribution >= 0.6 is 0 Å². The molecule has 1 aliphatic heterocycles. The average molecular weight is 443 g/mol. The van der Waals surface area contributed by atoms with Crippen molar-refractivity contribution >= 4 is 10.0 Å². The van der Waals surface area contributed by atoms with Crippen molar-refractivity contribution in [2.45, 2.75) is 19.2 Å². The van der Waals surface area contributed by atoms with Gasteiger partial charge < -0.3 is 9.26 Å². The summed E-state index contributed by atoms with van der Waals surface area (Å²) in [4.78, 5) is 6.64. The van der Waals surface area contributed by atoms with Crippen molar-refractivity contribution in [2.75, 3.05) is 32.8 Å². The molecule has 31 heavy (non-hydrogen) atoms. The molecular weight excluding hydrogens is 416 g/mol. The highest BCUT2D eigenvalue weighted by molar-refractivity contribution is 7.88. The van der Waals surface area contributed by atoms with Crippen LogP contribution < -0.4 is 4.74 Å². The zero-order valence-corrected chi connectivity index (χ0v) is 18.3. The van der Waals surface area contributed by atoms with Gasteiger partial charge in [0.1, 0.15) is 5.75 Å². The van der Waals surface area contributed by atoms with Crippen molar-refractivity contribution in [2.24, 2.45) is 0 Å². The maximum atomic E-state index is 12.7. The first-order valence-corrected chi connectivity index (χ1v) is 11.9. The van der Waals surface area contributed by atoms with E-state index in [9.17, 15) is 8.42 Å². The van der Waals surface area contributed by atoms with E-state index in [-0.39, 0.29) is 5.75 Å². The maximum Gasteiger partial charge on any atom is 0.241 e. The van der Waals surface area contributed by atoms with Crippen LogP contribution in [0.25, 0.3) is 11.4 Å². The molecular formula is C22H26N4O4S. The number of aromatic nitrogens is 2. The SMILES string of the molecule is CCOc1ccccc1-c1noc(CN2CCN(S(=O)(=O)Cc3ccccc3)CC2)n1. The zero-order valence-electron chi connectivity index (χ0n) is 17.5. The van der Waals surface area contributed by atoms with Crippen LogP contribution in [-0.4, -0.2) is 60.5 Å². The molecule has 1 fully saturated rings. The minimum atomic E-state index is -3.33. The summed E-state index contributed by atoms with van der Waals surface area (Å²) in [6.07, 6.45) is 0. The Balaban J connectivity index is 1.35. The van der Waals surface area contributed by atoms with Gasteiger partial charge in [-0.15, -0.1) is 0 Å². The van der Waals surface area contributed by atoms with Crippen LogP contribution in [0.4, 0.5) is 0 Å². The van der Waals surface area contributed by atoms with Gasteiger partial charge in [-0.05, 0) is 24.6 Å². The summed E-state index contributed by atoms with van der Waals surface area (Å²) in [5.41, 5.74) is 1.59. The Labute approximate surface area is 182 Å². The standard InChI is InChI=1S/C22H26N4O4S/c1-2-29-20-11-7-6-10-19(20)22-23-21(30-24-22)16-25-12-14-26(15-13-25)31(27,28)17-18-8-4-3-5-9-18/h3-11H,2,12-17H2,1H3. The number of sulfonamides is 1. The van der Waals surface area contributed by atoms with E-state index in [4.69, 9.17) is 9.26 Å². The molecule has 0 radical (unpaired) electrons. The van der Waals surface area contributed by atoms with E-state index in [0.29, 0.717) is 51.0 Å². The lowest BCUT2D eigenvalue weighted by Gasteiger charge is -2.33. The number of benzene rings is 2. The zero-order chi connectivity index (χ0) is 21.7. The van der Waals surface area contributed by atoms with Gasteiger partial charge in [-0.25, -0.2) is 8.42 Å². The van der Waals surface area contributed by atoms with Crippen LogP contribution in [0.3, 0.4) is 0 Å². The van der Waals surface area contributed by atoms with Gasteiger partial charge in [-0.1, -0.05) is 47.6 Å². The summed E-state index contributed by atoms with van der Waals surface area (Å²) < 4.78 is 38.1. The van der Waals surface area contributed by atoms with Gasteiger partial charge in [0.15, 0.2) is 0 Å². The molecule has 0 N–H and O–H groups in total. The fourth-order valence-electron chi connectivity index (χ4n) is 3.59. The maximum absolute atomic E-state index is 12.7. The van der Waals surface area contributed by atoms with Gasteiger partial charge in [0.25, 0.3) is 0 Å². The Morgan fingerprint density at radius 3 is 2.45 bits per heavy atom. The number of rotatable bonds is 8. The molecule has 0 atom stereocenters. The smallest absolute Gasteiger partial charge is 0.241 e. The number of ether oxygens (including phenoxy) is 1. The number of hydrogen-bond acceptors (Lipinski definition) is 7. The predicted molar refractivity (Wildman–Crippen MR) is 117 cm³/mol. The Bertz CT molecular complexity index is 1090. The molecule has 3 aromatic rings. The second-order valence-corrected chi connectivity index (χ2v) is 9.33. The van der Waals surface area contributed by atoms with E-state index in [0.717, 1.165) is 16.9 Å². The number of para-hydroxylation sites is 1. The van der Waals surface area contributed by atoms with E-state index in [2.05, 4.69) is 15.0 Å². The van der Waals surface area contributed by atoms with Gasteiger partial charge in [0, 0.05) is 26.2 Å². The molecule has 0 unspecified atom stereocenters. The highest BCUT2D eigenvalue weighted by Crippen LogP contribution is 2.27. The molecule has 2 aromatic carbocycles. The molecule has 0 saturated carbocycles. The molecule has 0 spiro atoms. The Kier molecular flexibility index (Phi) is 6.64. The van der Waals surface area contributed by atoms with E-state index in [1.54, 1.807) is 4.31 Å². The molecule has 9 heteroatoms. The van der Waals surface area contributed by atoms with Crippen LogP contribution in [0.5, 0.6) is 5.75 Å². The summed E-state index contributed by atoms with van der Waals surface area (Å²) in [6.45, 7) is 5.09. The first-order chi connectivity index (χ1) is 15.0. The number of piperazine rings is 1. The monoisotopic (exact) mass is 442 g/mol. The van der Waals surface area contributed by atoms with Crippen molar-refractivity contribution in [3.63, 3.8) is 0 Å². The highest BCUT2D eigenvalue weighted by atomic mass is 32.2. The van der Waals surface area contributed by atoms with Crippen molar-refractivity contribution in [3.8, 4) is 17.1 Å². The average Bonchev–Trinajstić information content (AvgIpc) is 3.23. The number of hydrogen-bond donors (Lipinski definition) is 0. The van der Waals surface area contributed by atoms with Gasteiger partial charge in [0.05, 0.1) is 24.5 Å². The second kappa shape index (κ2) is 9.59. The third-order valence-corrected chi connectivity index (χ3v) is 7.02. The molecule has 1 saturated heterocycles. The van der Waals surface area contributed by atoms with Crippen LogP contribution in [0.15, 0.2) is 59.1 Å². The molecule has 0 amide bonds. The molecule has 1 aliphatic rings. The number of nitrogens with zero attached hydrogens (tertiary/aromatic N) is 4. The summed E-state index contributed by atoms with van der Waals surface area (Å²) in [7, 11) is -3.33. The first kappa shape index (κ1) is 21.5. The van der Waals surface area contributed by atoms with Crippen LogP contribution in [0.2, 0.25) is 0 Å². The van der Waals surface area contributed by atoms with Crippen LogP contribution in [-0.2, 0) is 22.3 Å². The molecule has 1 aromatic heterocycles. The van der Waals surface area contributed by atoms with E-state index < -0.39 is 10.0 Å². The minimum absolute atomic E-state index is 0.0279. The van der Waals surface area contributed by atoms with Crippen LogP contribution in [0.1, 0.15) is 18.4 Å². The normalized spacial score (nSPS) is 15.8. The van der Waals surface area contributed by atoms with Crippen molar-refractivity contribution in [1.82, 2.24) is 19.3 Å². The van der Waals surface area contributed by atoms with E-state index in [1.807, 2.05) is 61.5 Å². The van der Waals surface area contributed by atoms with Gasteiger partial charge >= 0.3 is 0 Å². The van der Waals surface area contributed by atoms with Crippen LogP contribution in [0, 0.1) is 0 Å². The minimum Gasteiger partial charge on any atom is -0.493 e. The fourth-order valence-corrected chi connectivity index (χ4v) is 5.11. The molecule has 0 bridgehead atoms. The Morgan fingerprint density at radius 2 is 1.71 bits per heavy atom. The lowest BCUT2D eigenvalue weighted by molar-refractivity contribution is 0.163.